The van der Waals surface area contributed by atoms with Gasteiger partial charge in [-0.3, -0.25) is 49.0 Å². The summed E-state index contributed by atoms with van der Waals surface area (Å²) in [4.78, 5) is 86.3. The first-order valence-corrected chi connectivity index (χ1v) is 23.1. The summed E-state index contributed by atoms with van der Waals surface area (Å²) in [5.74, 6) is -2.69. The number of halogens is 2. The molecule has 5 fully saturated rings. The number of carbonyl (C=O) groups is 5. The number of fused-ring (bicyclic) bond motifs is 5. The molecule has 6 aliphatic heterocycles. The monoisotopic (exact) mass is 914 g/mol. The Morgan fingerprint density at radius 1 is 0.909 bits per heavy atom. The van der Waals surface area contributed by atoms with Gasteiger partial charge in [-0.25, -0.2) is 4.39 Å². The summed E-state index contributed by atoms with van der Waals surface area (Å²) in [6.07, 6.45) is 6.04. The van der Waals surface area contributed by atoms with Crippen molar-refractivity contribution in [1.29, 1.82) is 0 Å². The van der Waals surface area contributed by atoms with Gasteiger partial charge in [0, 0.05) is 84.0 Å². The van der Waals surface area contributed by atoms with Crippen molar-refractivity contribution in [3.63, 3.8) is 0 Å². The number of anilines is 2. The van der Waals surface area contributed by atoms with Crippen LogP contribution < -0.4 is 25.6 Å². The molecular formula is C48H48ClFN10O6. The Hall–Kier alpha value is -6.14. The molecule has 0 spiro atoms. The summed E-state index contributed by atoms with van der Waals surface area (Å²) in [5, 5.41) is 11.5. The van der Waals surface area contributed by atoms with Gasteiger partial charge in [-0.05, 0) is 88.3 Å². The molecule has 3 N–H and O–H groups in total. The molecule has 3 aromatic carbocycles. The number of piperidine rings is 2. The molecule has 5 amide bonds. The van der Waals surface area contributed by atoms with Crippen LogP contribution in [0.5, 0.6) is 6.01 Å². The average Bonchev–Trinajstić information content (AvgIpc) is 3.95. The van der Waals surface area contributed by atoms with Gasteiger partial charge in [0.25, 0.3) is 11.8 Å². The molecule has 5 atom stereocenters. The Bertz CT molecular complexity index is 2840. The number of hydrogen-bond donors (Lipinski definition) is 3. The number of amides is 5. The summed E-state index contributed by atoms with van der Waals surface area (Å²) in [5.41, 5.74) is 1.55. The predicted octanol–water partition coefficient (Wildman–Crippen LogP) is 4.78. The zero-order chi connectivity index (χ0) is 45.4. The molecule has 16 nitrogen and oxygen atoms in total. The average molecular weight is 915 g/mol. The number of imide groups is 2. The summed E-state index contributed by atoms with van der Waals surface area (Å²) in [7, 11) is 2.07. The van der Waals surface area contributed by atoms with Gasteiger partial charge in [-0.1, -0.05) is 41.9 Å². The number of carbonyl (C=O) groups excluding carboxylic acids is 5. The van der Waals surface area contributed by atoms with Crippen LogP contribution in [0, 0.1) is 11.7 Å². The summed E-state index contributed by atoms with van der Waals surface area (Å²) in [6.45, 7) is 4.04. The largest absolute Gasteiger partial charge is 0.462 e. The predicted molar refractivity (Wildman–Crippen MR) is 244 cm³/mol. The lowest BCUT2D eigenvalue weighted by Gasteiger charge is -2.35. The SMILES string of the molecule is CN1C[C@@H](N2CCC(C(=O)Nc3ccc4c(c3)C(=O)N(C3CCC(=O)NC3=O)C4=O)CC2)C[C@H]1COc1nc(N2CC3CCC(C2)N3)c2cnc(-c3cccc4cccc(Cl)c34)c(F)c2n1. The third kappa shape index (κ3) is 7.60. The first-order chi connectivity index (χ1) is 32.0. The van der Waals surface area contributed by atoms with Gasteiger partial charge in [0.15, 0.2) is 5.82 Å². The fourth-order valence-electron chi connectivity index (χ4n) is 11.0. The van der Waals surface area contributed by atoms with E-state index in [1.807, 2.05) is 30.3 Å². The van der Waals surface area contributed by atoms with Crippen molar-refractivity contribution in [1.82, 2.24) is 40.3 Å². The molecule has 2 aromatic heterocycles. The number of benzene rings is 3. The fraction of sp³-hybridized carbons (Fsp3) is 0.417. The molecule has 0 aliphatic carbocycles. The number of likely N-dealkylation sites (tertiary alicyclic amines) is 2. The number of pyridine rings is 1. The standard InChI is InChI=1S/C48H48ClFN10O6/c1-57-23-30(58-16-14-26(15-17-58)44(62)53-27-10-11-32-34(18-27)47(65)60(46(32)64)37-12-13-38(61)54-45(37)63)19-31(57)24-66-48-55-42-35(43(56-48)59-21-28-8-9-29(22-59)52-28)20-51-41(40(42)50)33-6-2-4-25-5-3-7-36(49)39(25)33/h2-7,10-11,18,20,26,28-31,37,52H,8-9,12-17,19,21-24H2,1H3,(H,53,62)(H,54,61,63)/t28?,29?,30-,31-,37?/m0/s1. The molecule has 340 valence electrons. The topological polar surface area (TPSA) is 182 Å². The number of aromatic nitrogens is 3. The van der Waals surface area contributed by atoms with Gasteiger partial charge in [-0.2, -0.15) is 9.97 Å². The molecule has 3 unspecified atom stereocenters. The number of hydrogen-bond acceptors (Lipinski definition) is 13. The van der Waals surface area contributed by atoms with Crippen molar-refractivity contribution in [3.05, 3.63) is 82.8 Å². The van der Waals surface area contributed by atoms with E-state index in [1.54, 1.807) is 18.3 Å². The number of likely N-dealkylation sites (N-methyl/N-ethyl adjacent to an activating group) is 1. The van der Waals surface area contributed by atoms with Crippen LogP contribution in [0.4, 0.5) is 15.9 Å². The van der Waals surface area contributed by atoms with Crippen LogP contribution in [0.1, 0.15) is 65.7 Å². The second kappa shape index (κ2) is 16.9. The molecule has 18 heteroatoms. The molecule has 66 heavy (non-hydrogen) atoms. The van der Waals surface area contributed by atoms with E-state index in [9.17, 15) is 24.0 Å². The van der Waals surface area contributed by atoms with Gasteiger partial charge in [0.1, 0.15) is 29.7 Å². The molecule has 8 heterocycles. The maximum absolute atomic E-state index is 17.0. The smallest absolute Gasteiger partial charge is 0.319 e. The van der Waals surface area contributed by atoms with E-state index in [4.69, 9.17) is 26.3 Å². The molecule has 5 saturated heterocycles. The number of nitrogens with one attached hydrogen (secondary N) is 3. The van der Waals surface area contributed by atoms with Crippen LogP contribution in [-0.4, -0.2) is 136 Å². The highest BCUT2D eigenvalue weighted by Gasteiger charge is 2.45. The van der Waals surface area contributed by atoms with E-state index in [0.29, 0.717) is 59.0 Å². The van der Waals surface area contributed by atoms with Gasteiger partial charge in [0.05, 0.1) is 16.5 Å². The number of nitrogens with zero attached hydrogens (tertiary/aromatic N) is 7. The maximum atomic E-state index is 17.0. The fourth-order valence-corrected chi connectivity index (χ4v) is 11.3. The highest BCUT2D eigenvalue weighted by atomic mass is 35.5. The quantitative estimate of drug-likeness (QED) is 0.172. The lowest BCUT2D eigenvalue weighted by molar-refractivity contribution is -0.136. The van der Waals surface area contributed by atoms with E-state index in [2.05, 4.69) is 42.7 Å². The third-order valence-corrected chi connectivity index (χ3v) is 14.8. The molecule has 6 aliphatic rings. The highest BCUT2D eigenvalue weighted by Crippen LogP contribution is 2.39. The van der Waals surface area contributed by atoms with E-state index >= 15 is 4.39 Å². The van der Waals surface area contributed by atoms with Crippen LogP contribution in [0.2, 0.25) is 5.02 Å². The summed E-state index contributed by atoms with van der Waals surface area (Å²) < 4.78 is 23.4. The zero-order valence-corrected chi connectivity index (χ0v) is 37.0. The van der Waals surface area contributed by atoms with Crippen LogP contribution in [-0.2, 0) is 14.4 Å². The minimum absolute atomic E-state index is 0.0323. The van der Waals surface area contributed by atoms with Crippen molar-refractivity contribution in [2.45, 2.75) is 75.2 Å². The Balaban J connectivity index is 0.749. The number of piperazine rings is 1. The Kier molecular flexibility index (Phi) is 10.9. The number of ether oxygens (including phenoxy) is 1. The molecule has 11 rings (SSSR count). The number of rotatable bonds is 9. The minimum Gasteiger partial charge on any atom is -0.462 e. The van der Waals surface area contributed by atoms with Gasteiger partial charge >= 0.3 is 6.01 Å². The van der Waals surface area contributed by atoms with Gasteiger partial charge in [0.2, 0.25) is 17.7 Å². The van der Waals surface area contributed by atoms with Gasteiger partial charge < -0.3 is 20.3 Å². The lowest BCUT2D eigenvalue weighted by Crippen LogP contribution is -2.54. The second-order valence-corrected chi connectivity index (χ2v) is 18.9. The highest BCUT2D eigenvalue weighted by molar-refractivity contribution is 6.36. The molecule has 2 bridgehead atoms. The third-order valence-electron chi connectivity index (χ3n) is 14.5. The van der Waals surface area contributed by atoms with E-state index in [1.165, 1.54) is 12.1 Å². The van der Waals surface area contributed by atoms with Crippen molar-refractivity contribution >= 4 is 74.3 Å². The molecule has 0 saturated carbocycles. The van der Waals surface area contributed by atoms with E-state index in [-0.39, 0.29) is 65.1 Å². The second-order valence-electron chi connectivity index (χ2n) is 18.5. The normalized spacial score (nSPS) is 25.0. The minimum atomic E-state index is -1.06. The molecule has 0 radical (unpaired) electrons. The summed E-state index contributed by atoms with van der Waals surface area (Å²) >= 11 is 6.67. The van der Waals surface area contributed by atoms with Crippen molar-refractivity contribution in [2.75, 3.05) is 56.6 Å². The zero-order valence-electron chi connectivity index (χ0n) is 36.3. The van der Waals surface area contributed by atoms with Crippen LogP contribution >= 0.6 is 11.6 Å². The Morgan fingerprint density at radius 2 is 1.67 bits per heavy atom. The lowest BCUT2D eigenvalue weighted by atomic mass is 9.94. The van der Waals surface area contributed by atoms with Crippen LogP contribution in [0.25, 0.3) is 32.9 Å². The first kappa shape index (κ1) is 42.5. The Morgan fingerprint density at radius 3 is 2.44 bits per heavy atom. The Labute approximate surface area is 384 Å². The van der Waals surface area contributed by atoms with Crippen molar-refractivity contribution < 1.29 is 33.1 Å². The molecule has 5 aromatic rings. The van der Waals surface area contributed by atoms with Gasteiger partial charge in [-0.15, -0.1) is 0 Å². The first-order valence-electron chi connectivity index (χ1n) is 22.8. The van der Waals surface area contributed by atoms with Crippen LogP contribution in [0.15, 0.2) is 60.8 Å². The van der Waals surface area contributed by atoms with Crippen molar-refractivity contribution in [2.24, 2.45) is 5.92 Å². The maximum Gasteiger partial charge on any atom is 0.319 e. The molecular weight excluding hydrogens is 867 g/mol. The van der Waals surface area contributed by atoms with Crippen molar-refractivity contribution in [3.8, 4) is 17.3 Å². The van der Waals surface area contributed by atoms with E-state index < -0.39 is 35.5 Å². The van der Waals surface area contributed by atoms with E-state index in [0.717, 1.165) is 67.7 Å². The van der Waals surface area contributed by atoms with Crippen LogP contribution in [0.3, 0.4) is 0 Å². The summed E-state index contributed by atoms with van der Waals surface area (Å²) in [6, 6.07) is 15.8.